The Bertz CT molecular complexity index is 391. The molecule has 0 bridgehead atoms. The molecule has 0 unspecified atom stereocenters. The second-order valence-electron chi connectivity index (χ2n) is 4.53. The van der Waals surface area contributed by atoms with E-state index in [2.05, 4.69) is 39.0 Å². The number of nitrogens with zero attached hydrogens (tertiary/aromatic N) is 4. The Balaban J connectivity index is 1.80. The zero-order chi connectivity index (χ0) is 12.3. The van der Waals surface area contributed by atoms with Crippen molar-refractivity contribution < 1.29 is 0 Å². The van der Waals surface area contributed by atoms with Crippen LogP contribution in [-0.2, 0) is 0 Å². The van der Waals surface area contributed by atoms with Crippen molar-refractivity contribution in [2.75, 3.05) is 58.3 Å². The highest BCUT2D eigenvalue weighted by molar-refractivity contribution is 7.73. The molecule has 0 amide bonds. The maximum absolute atomic E-state index is 5.05. The van der Waals surface area contributed by atoms with Crippen molar-refractivity contribution in [3.63, 3.8) is 0 Å². The Morgan fingerprint density at radius 2 is 2.06 bits per heavy atom. The molecule has 1 aliphatic rings. The van der Waals surface area contributed by atoms with Crippen molar-refractivity contribution in [2.24, 2.45) is 0 Å². The van der Waals surface area contributed by atoms with Gasteiger partial charge in [-0.25, -0.2) is 0 Å². The van der Waals surface area contributed by atoms with Gasteiger partial charge in [-0.05, 0) is 26.3 Å². The van der Waals surface area contributed by atoms with Crippen molar-refractivity contribution in [1.29, 1.82) is 0 Å². The van der Waals surface area contributed by atoms with Crippen molar-refractivity contribution in [1.82, 2.24) is 20.0 Å². The molecule has 17 heavy (non-hydrogen) atoms. The molecule has 2 heterocycles. The number of nitrogens with one attached hydrogen (secondary N) is 1. The quantitative estimate of drug-likeness (QED) is 0.825. The van der Waals surface area contributed by atoms with Crippen LogP contribution >= 0.6 is 23.6 Å². The highest BCUT2D eigenvalue weighted by Gasteiger charge is 2.18. The first-order chi connectivity index (χ1) is 8.15. The molecular formula is C10H19N5S2. The van der Waals surface area contributed by atoms with E-state index in [-0.39, 0.29) is 0 Å². The van der Waals surface area contributed by atoms with Gasteiger partial charge in [0.25, 0.3) is 0 Å². The van der Waals surface area contributed by atoms with E-state index >= 15 is 0 Å². The topological polar surface area (TPSA) is 38.4 Å². The van der Waals surface area contributed by atoms with Crippen LogP contribution in [0.4, 0.5) is 5.13 Å². The summed E-state index contributed by atoms with van der Waals surface area (Å²) in [5, 5.41) is 8.10. The zero-order valence-corrected chi connectivity index (χ0v) is 12.0. The fraction of sp³-hybridized carbons (Fsp3) is 0.800. The number of aromatic nitrogens is 2. The molecule has 2 rings (SSSR count). The third kappa shape index (κ3) is 3.74. The zero-order valence-electron chi connectivity index (χ0n) is 10.3. The molecule has 7 heteroatoms. The molecule has 0 radical (unpaired) electrons. The van der Waals surface area contributed by atoms with E-state index in [4.69, 9.17) is 12.2 Å². The maximum Gasteiger partial charge on any atom is 0.207 e. The van der Waals surface area contributed by atoms with E-state index in [9.17, 15) is 0 Å². The minimum Gasteiger partial charge on any atom is -0.344 e. The van der Waals surface area contributed by atoms with Crippen LogP contribution in [0.25, 0.3) is 0 Å². The predicted octanol–water partition coefficient (Wildman–Crippen LogP) is 0.884. The molecule has 1 aliphatic heterocycles. The summed E-state index contributed by atoms with van der Waals surface area (Å²) in [6.07, 6.45) is 0. The van der Waals surface area contributed by atoms with E-state index < -0.39 is 0 Å². The van der Waals surface area contributed by atoms with E-state index in [1.54, 1.807) is 11.3 Å². The Labute approximate surface area is 111 Å². The molecule has 5 nitrogen and oxygen atoms in total. The lowest BCUT2D eigenvalue weighted by Crippen LogP contribution is -2.48. The monoisotopic (exact) mass is 273 g/mol. The standard InChI is InChI=1S/C10H19N5S2/c1-13(2)3-4-14-5-7-15(8-6-14)9-11-12-10(16)17-9/h3-8H2,1-2H3,(H,12,16). The SMILES string of the molecule is CN(C)CCN1CCN(c2n[nH]c(=S)s2)CC1. The number of rotatable bonds is 4. The van der Waals surface area contributed by atoms with Crippen LogP contribution in [-0.4, -0.2) is 73.4 Å². The van der Waals surface area contributed by atoms with Crippen LogP contribution in [0, 0.1) is 3.95 Å². The van der Waals surface area contributed by atoms with Crippen LogP contribution in [0.5, 0.6) is 0 Å². The fourth-order valence-electron chi connectivity index (χ4n) is 1.86. The van der Waals surface area contributed by atoms with Crippen molar-refractivity contribution in [2.45, 2.75) is 0 Å². The first-order valence-corrected chi connectivity index (χ1v) is 7.05. The summed E-state index contributed by atoms with van der Waals surface area (Å²) in [7, 11) is 4.24. The van der Waals surface area contributed by atoms with Crippen molar-refractivity contribution >= 4 is 28.7 Å². The third-order valence-electron chi connectivity index (χ3n) is 2.93. The minimum atomic E-state index is 0.759. The summed E-state index contributed by atoms with van der Waals surface area (Å²) in [6.45, 7) is 6.59. The number of aromatic amines is 1. The van der Waals surface area contributed by atoms with Crippen molar-refractivity contribution in [3.05, 3.63) is 3.95 Å². The summed E-state index contributed by atoms with van der Waals surface area (Å²) >= 11 is 6.61. The minimum absolute atomic E-state index is 0.759. The molecule has 0 spiro atoms. The average Bonchev–Trinajstić information content (AvgIpc) is 2.74. The van der Waals surface area contributed by atoms with E-state index in [0.717, 1.165) is 48.4 Å². The summed E-state index contributed by atoms with van der Waals surface area (Å²) in [4.78, 5) is 7.04. The largest absolute Gasteiger partial charge is 0.344 e. The number of hydrogen-bond acceptors (Lipinski definition) is 6. The number of piperazine rings is 1. The second kappa shape index (κ2) is 5.90. The summed E-state index contributed by atoms with van der Waals surface area (Å²) in [5.41, 5.74) is 0. The first kappa shape index (κ1) is 12.9. The number of likely N-dealkylation sites (N-methyl/N-ethyl adjacent to an activating group) is 1. The van der Waals surface area contributed by atoms with E-state index in [1.165, 1.54) is 0 Å². The van der Waals surface area contributed by atoms with Gasteiger partial charge in [-0.1, -0.05) is 11.3 Å². The Morgan fingerprint density at radius 3 is 2.59 bits per heavy atom. The van der Waals surface area contributed by atoms with Crippen LogP contribution in [0.1, 0.15) is 0 Å². The van der Waals surface area contributed by atoms with Crippen LogP contribution in [0.3, 0.4) is 0 Å². The molecule has 0 aromatic carbocycles. The van der Waals surface area contributed by atoms with Gasteiger partial charge in [0.05, 0.1) is 0 Å². The summed E-state index contributed by atoms with van der Waals surface area (Å²) in [5.74, 6) is 0. The smallest absolute Gasteiger partial charge is 0.207 e. The summed E-state index contributed by atoms with van der Waals surface area (Å²) < 4.78 is 0.759. The normalized spacial score (nSPS) is 17.9. The number of anilines is 1. The number of hydrogen-bond donors (Lipinski definition) is 1. The van der Waals surface area contributed by atoms with Gasteiger partial charge in [-0.3, -0.25) is 10.00 Å². The predicted molar refractivity (Wildman–Crippen MR) is 74.5 cm³/mol. The molecule has 1 saturated heterocycles. The van der Waals surface area contributed by atoms with E-state index in [0.29, 0.717) is 0 Å². The lowest BCUT2D eigenvalue weighted by Gasteiger charge is -2.34. The van der Waals surface area contributed by atoms with Crippen LogP contribution in [0.15, 0.2) is 0 Å². The second-order valence-corrected chi connectivity index (χ2v) is 6.17. The highest BCUT2D eigenvalue weighted by atomic mass is 32.1. The van der Waals surface area contributed by atoms with Gasteiger partial charge in [0.1, 0.15) is 0 Å². The van der Waals surface area contributed by atoms with Gasteiger partial charge in [-0.2, -0.15) is 0 Å². The molecule has 1 N–H and O–H groups in total. The van der Waals surface area contributed by atoms with Crippen molar-refractivity contribution in [3.8, 4) is 0 Å². The molecule has 0 saturated carbocycles. The third-order valence-corrected chi connectivity index (χ3v) is 4.08. The molecular weight excluding hydrogens is 254 g/mol. The van der Waals surface area contributed by atoms with Gasteiger partial charge < -0.3 is 9.80 Å². The van der Waals surface area contributed by atoms with Gasteiger partial charge >= 0.3 is 0 Å². The lowest BCUT2D eigenvalue weighted by molar-refractivity contribution is 0.229. The van der Waals surface area contributed by atoms with Gasteiger partial charge in [0, 0.05) is 39.3 Å². The summed E-state index contributed by atoms with van der Waals surface area (Å²) in [6, 6.07) is 0. The van der Waals surface area contributed by atoms with Gasteiger partial charge in [0.15, 0.2) is 3.95 Å². The van der Waals surface area contributed by atoms with Crippen LogP contribution in [0.2, 0.25) is 0 Å². The first-order valence-electron chi connectivity index (χ1n) is 5.82. The molecule has 0 atom stereocenters. The van der Waals surface area contributed by atoms with Gasteiger partial charge in [-0.15, -0.1) is 5.10 Å². The fourth-order valence-corrected chi connectivity index (χ4v) is 2.79. The molecule has 1 fully saturated rings. The van der Waals surface area contributed by atoms with Crippen LogP contribution < -0.4 is 4.90 Å². The average molecular weight is 273 g/mol. The lowest BCUT2D eigenvalue weighted by atomic mass is 10.3. The molecule has 0 aliphatic carbocycles. The molecule has 96 valence electrons. The maximum atomic E-state index is 5.05. The highest BCUT2D eigenvalue weighted by Crippen LogP contribution is 2.18. The Hall–Kier alpha value is -0.500. The number of H-pyrrole nitrogens is 1. The Kier molecular flexibility index (Phi) is 4.49. The molecule has 1 aromatic heterocycles. The molecule has 1 aromatic rings. The van der Waals surface area contributed by atoms with Gasteiger partial charge in [0.2, 0.25) is 5.13 Å². The van der Waals surface area contributed by atoms with E-state index in [1.807, 2.05) is 0 Å². The Morgan fingerprint density at radius 1 is 1.35 bits per heavy atom.